The van der Waals surface area contributed by atoms with E-state index in [0.717, 1.165) is 12.8 Å². The maximum Gasteiger partial charge on any atom is 2.00 e. The molecule has 0 spiro atoms. The molecule has 0 aliphatic carbocycles. The molecule has 0 heterocycles. The maximum atomic E-state index is 2.36. The predicted octanol–water partition coefficient (Wildman–Crippen LogP) is 7.52. The average Bonchev–Trinajstić information content (AvgIpc) is 3.31. The standard InChI is InChI=1S/C28H20.Zr/c1-3-11-23-21(7-1)17-27-19(9-5-13-25(23)27)15-16-20-10-6-14-26-24-12-4-2-8-22(24)18-28(20)26;/h1-14,17-18H,15-16H2;/q-2;+2. The van der Waals surface area contributed by atoms with Crippen LogP contribution >= 0.6 is 0 Å². The number of benzene rings is 4. The van der Waals surface area contributed by atoms with Crippen LogP contribution in [-0.4, -0.2) is 0 Å². The number of hydrogen-bond donors (Lipinski definition) is 0. The number of hydrogen-bond acceptors (Lipinski definition) is 0. The monoisotopic (exact) mass is 446 g/mol. The van der Waals surface area contributed by atoms with Crippen molar-refractivity contribution < 1.29 is 26.2 Å². The van der Waals surface area contributed by atoms with E-state index in [1.165, 1.54) is 54.2 Å². The average molecular weight is 448 g/mol. The molecule has 136 valence electrons. The molecule has 0 radical (unpaired) electrons. The molecule has 6 rings (SSSR count). The zero-order chi connectivity index (χ0) is 18.5. The maximum absolute atomic E-state index is 2.36. The Morgan fingerprint density at radius 2 is 0.862 bits per heavy atom. The van der Waals surface area contributed by atoms with E-state index in [4.69, 9.17) is 0 Å². The van der Waals surface area contributed by atoms with Gasteiger partial charge >= 0.3 is 26.2 Å². The van der Waals surface area contributed by atoms with Crippen molar-refractivity contribution >= 4 is 43.1 Å². The Morgan fingerprint density at radius 3 is 1.34 bits per heavy atom. The molecule has 6 aromatic rings. The van der Waals surface area contributed by atoms with E-state index < -0.39 is 0 Å². The summed E-state index contributed by atoms with van der Waals surface area (Å²) in [6.07, 6.45) is 2.13. The van der Waals surface area contributed by atoms with Gasteiger partial charge in [-0.05, 0) is 0 Å². The second-order valence-electron chi connectivity index (χ2n) is 7.72. The molecule has 1 heteroatoms. The van der Waals surface area contributed by atoms with Crippen LogP contribution in [0.5, 0.6) is 0 Å². The summed E-state index contributed by atoms with van der Waals surface area (Å²) in [5.41, 5.74) is 2.89. The van der Waals surface area contributed by atoms with Crippen LogP contribution in [-0.2, 0) is 39.0 Å². The molecule has 0 fully saturated rings. The van der Waals surface area contributed by atoms with Crippen LogP contribution in [0, 0.1) is 0 Å². The van der Waals surface area contributed by atoms with Gasteiger partial charge in [-0.2, -0.15) is 0 Å². The third kappa shape index (κ3) is 3.00. The SMILES string of the molecule is [Zr+2].c1ccc2c(c1)[cH-]c1c(CCc3cccc4c3[cH-]c3ccccc34)cccc12. The van der Waals surface area contributed by atoms with Crippen LogP contribution in [0.25, 0.3) is 43.1 Å². The zero-order valence-electron chi connectivity index (χ0n) is 16.2. The first kappa shape index (κ1) is 18.5. The summed E-state index contributed by atoms with van der Waals surface area (Å²) in [5.74, 6) is 0. The molecule has 6 aromatic carbocycles. The van der Waals surface area contributed by atoms with Crippen LogP contribution in [0.15, 0.2) is 97.1 Å². The minimum Gasteiger partial charge on any atom is -0.126 e. The smallest absolute Gasteiger partial charge is 0.126 e. The second kappa shape index (κ2) is 7.40. The quantitative estimate of drug-likeness (QED) is 0.246. The van der Waals surface area contributed by atoms with Crippen molar-refractivity contribution in [1.29, 1.82) is 0 Å². The molecule has 0 unspecified atom stereocenters. The van der Waals surface area contributed by atoms with Crippen LogP contribution in [0.4, 0.5) is 0 Å². The summed E-state index contributed by atoms with van der Waals surface area (Å²) < 4.78 is 0. The molecule has 29 heavy (non-hydrogen) atoms. The van der Waals surface area contributed by atoms with E-state index in [0.29, 0.717) is 0 Å². The van der Waals surface area contributed by atoms with Gasteiger partial charge in [0.2, 0.25) is 0 Å². The summed E-state index contributed by atoms with van der Waals surface area (Å²) in [5, 5.41) is 11.0. The van der Waals surface area contributed by atoms with Crippen molar-refractivity contribution in [2.75, 3.05) is 0 Å². The van der Waals surface area contributed by atoms with E-state index in [9.17, 15) is 0 Å². The van der Waals surface area contributed by atoms with Gasteiger partial charge in [0.25, 0.3) is 0 Å². The van der Waals surface area contributed by atoms with Crippen LogP contribution < -0.4 is 0 Å². The van der Waals surface area contributed by atoms with Crippen LogP contribution in [0.3, 0.4) is 0 Å². The van der Waals surface area contributed by atoms with Gasteiger partial charge in [0, 0.05) is 0 Å². The first-order chi connectivity index (χ1) is 13.9. The molecule has 0 bridgehead atoms. The molecule has 0 atom stereocenters. The van der Waals surface area contributed by atoms with E-state index >= 15 is 0 Å². The number of aryl methyl sites for hydroxylation is 2. The fraction of sp³-hybridized carbons (Fsp3) is 0.0714. The number of rotatable bonds is 3. The second-order valence-corrected chi connectivity index (χ2v) is 7.72. The summed E-state index contributed by atoms with van der Waals surface area (Å²) in [6, 6.07) is 35.7. The third-order valence-electron chi connectivity index (χ3n) is 6.16. The summed E-state index contributed by atoms with van der Waals surface area (Å²) >= 11 is 0. The fourth-order valence-electron chi connectivity index (χ4n) is 4.79. The Bertz CT molecular complexity index is 1350. The normalized spacial score (nSPS) is 11.4. The summed E-state index contributed by atoms with van der Waals surface area (Å²) in [4.78, 5) is 0. The Kier molecular flexibility index (Phi) is 4.72. The van der Waals surface area contributed by atoms with Crippen molar-refractivity contribution in [1.82, 2.24) is 0 Å². The molecule has 0 saturated carbocycles. The van der Waals surface area contributed by atoms with Crippen molar-refractivity contribution in [2.24, 2.45) is 0 Å². The first-order valence-corrected chi connectivity index (χ1v) is 10.0. The molecule has 0 aromatic heterocycles. The molecule has 0 aliphatic rings. The molecular formula is C28H20Zr. The Labute approximate surface area is 189 Å². The van der Waals surface area contributed by atoms with Crippen LogP contribution in [0.2, 0.25) is 0 Å². The van der Waals surface area contributed by atoms with Gasteiger partial charge in [-0.3, -0.25) is 0 Å². The Morgan fingerprint density at radius 1 is 0.448 bits per heavy atom. The minimum atomic E-state index is 0. The fourth-order valence-corrected chi connectivity index (χ4v) is 4.79. The topological polar surface area (TPSA) is 0 Å². The van der Waals surface area contributed by atoms with Gasteiger partial charge in [0.05, 0.1) is 0 Å². The molecule has 0 saturated heterocycles. The van der Waals surface area contributed by atoms with Gasteiger partial charge in [-0.1, -0.05) is 85.6 Å². The molecule has 0 N–H and O–H groups in total. The van der Waals surface area contributed by atoms with Gasteiger partial charge in [0.1, 0.15) is 0 Å². The van der Waals surface area contributed by atoms with Crippen molar-refractivity contribution in [3.63, 3.8) is 0 Å². The van der Waals surface area contributed by atoms with Crippen molar-refractivity contribution in [3.05, 3.63) is 108 Å². The van der Waals surface area contributed by atoms with Gasteiger partial charge in [0.15, 0.2) is 0 Å². The van der Waals surface area contributed by atoms with Gasteiger partial charge in [-0.25, -0.2) is 0 Å². The van der Waals surface area contributed by atoms with Crippen molar-refractivity contribution in [2.45, 2.75) is 12.8 Å². The summed E-state index contributed by atoms with van der Waals surface area (Å²) in [7, 11) is 0. The third-order valence-corrected chi connectivity index (χ3v) is 6.16. The van der Waals surface area contributed by atoms with E-state index in [1.807, 2.05) is 0 Å². The first-order valence-electron chi connectivity index (χ1n) is 10.0. The summed E-state index contributed by atoms with van der Waals surface area (Å²) in [6.45, 7) is 0. The zero-order valence-corrected chi connectivity index (χ0v) is 18.6. The minimum absolute atomic E-state index is 0. The number of fused-ring (bicyclic) bond motifs is 6. The van der Waals surface area contributed by atoms with E-state index in [1.54, 1.807) is 0 Å². The predicted molar refractivity (Wildman–Crippen MR) is 122 cm³/mol. The molecular weight excluding hydrogens is 428 g/mol. The molecule has 0 aliphatic heterocycles. The van der Waals surface area contributed by atoms with E-state index in [2.05, 4.69) is 97.1 Å². The molecule has 0 nitrogen and oxygen atoms in total. The van der Waals surface area contributed by atoms with E-state index in [-0.39, 0.29) is 26.2 Å². The molecule has 0 amide bonds. The van der Waals surface area contributed by atoms with Gasteiger partial charge < -0.3 is 0 Å². The Hall–Kier alpha value is -2.50. The van der Waals surface area contributed by atoms with Gasteiger partial charge in [-0.15, -0.1) is 78.5 Å². The Balaban J connectivity index is 0.00000181. The van der Waals surface area contributed by atoms with Crippen LogP contribution in [0.1, 0.15) is 11.1 Å². The largest absolute Gasteiger partial charge is 2.00 e. The van der Waals surface area contributed by atoms with Crippen molar-refractivity contribution in [3.8, 4) is 0 Å².